The van der Waals surface area contributed by atoms with E-state index in [-0.39, 0.29) is 5.28 Å². The summed E-state index contributed by atoms with van der Waals surface area (Å²) in [5.74, 6) is 0.828. The SMILES string of the molecule is COc1cccc(C#N)c1Nc1nc(Cl)ncc1N. The van der Waals surface area contributed by atoms with Gasteiger partial charge < -0.3 is 15.8 Å². The molecular formula is C12H10ClN5O. The van der Waals surface area contributed by atoms with Crippen LogP contribution in [0, 0.1) is 11.3 Å². The first-order valence-corrected chi connectivity index (χ1v) is 5.65. The van der Waals surface area contributed by atoms with Gasteiger partial charge in [0.25, 0.3) is 0 Å². The third-order valence-electron chi connectivity index (χ3n) is 2.40. The van der Waals surface area contributed by atoms with Gasteiger partial charge in [0.1, 0.15) is 17.5 Å². The van der Waals surface area contributed by atoms with Gasteiger partial charge in [-0.2, -0.15) is 10.2 Å². The highest BCUT2D eigenvalue weighted by atomic mass is 35.5. The van der Waals surface area contributed by atoms with Crippen molar-refractivity contribution in [3.63, 3.8) is 0 Å². The molecule has 19 heavy (non-hydrogen) atoms. The highest BCUT2D eigenvalue weighted by molar-refractivity contribution is 6.28. The van der Waals surface area contributed by atoms with E-state index < -0.39 is 0 Å². The first kappa shape index (κ1) is 12.9. The van der Waals surface area contributed by atoms with Crippen LogP contribution in [0.4, 0.5) is 17.2 Å². The number of nitrogens with one attached hydrogen (secondary N) is 1. The van der Waals surface area contributed by atoms with E-state index in [2.05, 4.69) is 21.4 Å². The molecule has 0 unspecified atom stereocenters. The minimum absolute atomic E-state index is 0.0603. The second kappa shape index (κ2) is 5.42. The number of nitriles is 1. The molecule has 96 valence electrons. The molecule has 0 aliphatic carbocycles. The highest BCUT2D eigenvalue weighted by Crippen LogP contribution is 2.32. The fourth-order valence-electron chi connectivity index (χ4n) is 1.51. The first-order valence-electron chi connectivity index (χ1n) is 5.28. The lowest BCUT2D eigenvalue weighted by atomic mass is 10.1. The Balaban J connectivity index is 2.48. The van der Waals surface area contributed by atoms with Crippen LogP contribution in [-0.2, 0) is 0 Å². The molecule has 7 heteroatoms. The second-order valence-electron chi connectivity index (χ2n) is 3.56. The molecule has 0 bridgehead atoms. The minimum atomic E-state index is 0.0603. The van der Waals surface area contributed by atoms with Gasteiger partial charge in [-0.25, -0.2) is 4.98 Å². The number of benzene rings is 1. The molecule has 0 atom stereocenters. The number of methoxy groups -OCH3 is 1. The van der Waals surface area contributed by atoms with Crippen LogP contribution in [0.2, 0.25) is 5.28 Å². The van der Waals surface area contributed by atoms with E-state index in [1.54, 1.807) is 18.2 Å². The van der Waals surface area contributed by atoms with Gasteiger partial charge in [-0.3, -0.25) is 0 Å². The lowest BCUT2D eigenvalue weighted by Crippen LogP contribution is -2.03. The predicted molar refractivity (Wildman–Crippen MR) is 72.4 cm³/mol. The molecule has 3 N–H and O–H groups in total. The van der Waals surface area contributed by atoms with E-state index >= 15 is 0 Å². The van der Waals surface area contributed by atoms with Crippen LogP contribution in [0.1, 0.15) is 5.56 Å². The average molecular weight is 276 g/mol. The van der Waals surface area contributed by atoms with Crippen molar-refractivity contribution in [2.45, 2.75) is 0 Å². The van der Waals surface area contributed by atoms with Crippen LogP contribution in [0.25, 0.3) is 0 Å². The molecular weight excluding hydrogens is 266 g/mol. The average Bonchev–Trinajstić information content (AvgIpc) is 2.43. The molecule has 0 radical (unpaired) electrons. The van der Waals surface area contributed by atoms with Crippen LogP contribution >= 0.6 is 11.6 Å². The Kier molecular flexibility index (Phi) is 3.68. The number of ether oxygens (including phenoxy) is 1. The van der Waals surface area contributed by atoms with E-state index in [9.17, 15) is 0 Å². The van der Waals surface area contributed by atoms with Crippen LogP contribution in [0.15, 0.2) is 24.4 Å². The molecule has 0 aliphatic heterocycles. The van der Waals surface area contributed by atoms with Crippen LogP contribution in [0.5, 0.6) is 5.75 Å². The monoisotopic (exact) mass is 275 g/mol. The Labute approximate surface area is 114 Å². The summed E-state index contributed by atoms with van der Waals surface area (Å²) in [6.07, 6.45) is 1.39. The molecule has 2 rings (SSSR count). The number of rotatable bonds is 3. The topological polar surface area (TPSA) is 96.8 Å². The maximum Gasteiger partial charge on any atom is 0.224 e. The normalized spacial score (nSPS) is 9.74. The smallest absolute Gasteiger partial charge is 0.224 e. The fourth-order valence-corrected chi connectivity index (χ4v) is 1.64. The van der Waals surface area contributed by atoms with Crippen LogP contribution in [-0.4, -0.2) is 17.1 Å². The molecule has 6 nitrogen and oxygen atoms in total. The Morgan fingerprint density at radius 3 is 2.95 bits per heavy atom. The number of nitrogens with two attached hydrogens (primary N) is 1. The summed E-state index contributed by atoms with van der Waals surface area (Å²) in [6, 6.07) is 7.17. The third kappa shape index (κ3) is 2.67. The van der Waals surface area contributed by atoms with Gasteiger partial charge in [-0.1, -0.05) is 6.07 Å². The molecule has 1 aromatic heterocycles. The summed E-state index contributed by atoms with van der Waals surface area (Å²) in [6.45, 7) is 0. The number of hydrogen-bond donors (Lipinski definition) is 2. The minimum Gasteiger partial charge on any atom is -0.495 e. The van der Waals surface area contributed by atoms with Crippen LogP contribution in [0.3, 0.4) is 0 Å². The van der Waals surface area contributed by atoms with Crippen molar-refractivity contribution < 1.29 is 4.74 Å². The summed E-state index contributed by atoms with van der Waals surface area (Å²) >= 11 is 5.72. The van der Waals surface area contributed by atoms with E-state index in [0.717, 1.165) is 0 Å². The molecule has 0 fully saturated rings. The zero-order chi connectivity index (χ0) is 13.8. The Bertz CT molecular complexity index is 653. The largest absolute Gasteiger partial charge is 0.495 e. The predicted octanol–water partition coefficient (Wildman–Crippen LogP) is 2.34. The zero-order valence-electron chi connectivity index (χ0n) is 10.0. The van der Waals surface area contributed by atoms with Crippen molar-refractivity contribution in [3.05, 3.63) is 35.2 Å². The number of nitrogens with zero attached hydrogens (tertiary/aromatic N) is 3. The third-order valence-corrected chi connectivity index (χ3v) is 2.58. The molecule has 1 heterocycles. The van der Waals surface area contributed by atoms with Gasteiger partial charge in [0.2, 0.25) is 5.28 Å². The van der Waals surface area contributed by atoms with E-state index in [0.29, 0.717) is 28.5 Å². The van der Waals surface area contributed by atoms with Gasteiger partial charge in [-0.05, 0) is 23.7 Å². The zero-order valence-corrected chi connectivity index (χ0v) is 10.8. The maximum absolute atomic E-state index is 9.10. The van der Waals surface area contributed by atoms with E-state index in [1.807, 2.05) is 0 Å². The summed E-state index contributed by atoms with van der Waals surface area (Å²) in [5, 5.41) is 12.1. The number of nitrogen functional groups attached to an aromatic ring is 1. The lowest BCUT2D eigenvalue weighted by molar-refractivity contribution is 0.416. The number of halogens is 1. The van der Waals surface area contributed by atoms with Crippen LogP contribution < -0.4 is 15.8 Å². The summed E-state index contributed by atoms with van der Waals surface area (Å²) in [4.78, 5) is 7.73. The van der Waals surface area contributed by atoms with Gasteiger partial charge in [0.05, 0.1) is 24.6 Å². The number of para-hydroxylation sites is 1. The number of anilines is 3. The molecule has 1 aromatic carbocycles. The van der Waals surface area contributed by atoms with Gasteiger partial charge in [-0.15, -0.1) is 0 Å². The molecule has 0 spiro atoms. The molecule has 0 saturated heterocycles. The molecule has 0 amide bonds. The van der Waals surface area contributed by atoms with Crippen molar-refractivity contribution in [1.29, 1.82) is 5.26 Å². The number of aromatic nitrogens is 2. The van der Waals surface area contributed by atoms with Gasteiger partial charge in [0.15, 0.2) is 5.82 Å². The Morgan fingerprint density at radius 2 is 2.26 bits per heavy atom. The molecule has 0 saturated carbocycles. The van der Waals surface area contributed by atoms with Crippen molar-refractivity contribution >= 4 is 28.8 Å². The quantitative estimate of drug-likeness (QED) is 0.835. The van der Waals surface area contributed by atoms with Crippen molar-refractivity contribution in [1.82, 2.24) is 9.97 Å². The van der Waals surface area contributed by atoms with Gasteiger partial charge in [0, 0.05) is 0 Å². The summed E-state index contributed by atoms with van der Waals surface area (Å²) < 4.78 is 5.20. The fraction of sp³-hybridized carbons (Fsp3) is 0.0833. The number of hydrogen-bond acceptors (Lipinski definition) is 6. The maximum atomic E-state index is 9.10. The lowest BCUT2D eigenvalue weighted by Gasteiger charge is -2.13. The second-order valence-corrected chi connectivity index (χ2v) is 3.90. The highest BCUT2D eigenvalue weighted by Gasteiger charge is 2.12. The summed E-state index contributed by atoms with van der Waals surface area (Å²) in [5.41, 5.74) is 6.96. The van der Waals surface area contributed by atoms with Gasteiger partial charge >= 0.3 is 0 Å². The Morgan fingerprint density at radius 1 is 1.47 bits per heavy atom. The van der Waals surface area contributed by atoms with Crippen molar-refractivity contribution in [3.8, 4) is 11.8 Å². The van der Waals surface area contributed by atoms with E-state index in [4.69, 9.17) is 27.3 Å². The van der Waals surface area contributed by atoms with Crippen molar-refractivity contribution in [2.75, 3.05) is 18.2 Å². The molecule has 2 aromatic rings. The first-order chi connectivity index (χ1) is 9.15. The van der Waals surface area contributed by atoms with E-state index in [1.165, 1.54) is 13.3 Å². The Hall–Kier alpha value is -2.52. The van der Waals surface area contributed by atoms with Crippen molar-refractivity contribution in [2.24, 2.45) is 0 Å². The summed E-state index contributed by atoms with van der Waals surface area (Å²) in [7, 11) is 1.51. The standard InChI is InChI=1S/C12H10ClN5O/c1-19-9-4-2-3-7(5-14)10(9)17-11-8(15)6-16-12(13)18-11/h2-4,6H,15H2,1H3,(H,16,17,18). The molecule has 0 aliphatic rings.